The summed E-state index contributed by atoms with van der Waals surface area (Å²) in [6.07, 6.45) is 3.58. The zero-order valence-electron chi connectivity index (χ0n) is 13.3. The predicted octanol–water partition coefficient (Wildman–Crippen LogP) is 2.53. The molecule has 0 aliphatic carbocycles. The average molecular weight is 303 g/mol. The SMILES string of the molecule is COc1ccc(CC(=O)Nc2cnn(C(C)(C)C)c2)cc1O. The van der Waals surface area contributed by atoms with Crippen molar-refractivity contribution in [3.63, 3.8) is 0 Å². The molecule has 0 unspecified atom stereocenters. The van der Waals surface area contributed by atoms with Crippen molar-refractivity contribution in [1.82, 2.24) is 9.78 Å². The van der Waals surface area contributed by atoms with E-state index >= 15 is 0 Å². The Morgan fingerprint density at radius 1 is 1.41 bits per heavy atom. The molecule has 2 aromatic rings. The van der Waals surface area contributed by atoms with E-state index in [1.807, 2.05) is 20.8 Å². The van der Waals surface area contributed by atoms with Gasteiger partial charge in [-0.3, -0.25) is 9.48 Å². The Kier molecular flexibility index (Phi) is 4.40. The smallest absolute Gasteiger partial charge is 0.228 e. The van der Waals surface area contributed by atoms with Gasteiger partial charge in [0.1, 0.15) is 0 Å². The number of rotatable bonds is 4. The van der Waals surface area contributed by atoms with Gasteiger partial charge < -0.3 is 15.2 Å². The van der Waals surface area contributed by atoms with E-state index in [1.165, 1.54) is 13.2 Å². The van der Waals surface area contributed by atoms with Gasteiger partial charge in [-0.2, -0.15) is 5.10 Å². The zero-order chi connectivity index (χ0) is 16.3. The Morgan fingerprint density at radius 2 is 2.14 bits per heavy atom. The van der Waals surface area contributed by atoms with Gasteiger partial charge in [0.05, 0.1) is 31.0 Å². The lowest BCUT2D eigenvalue weighted by atomic mass is 10.1. The van der Waals surface area contributed by atoms with Gasteiger partial charge in [0.25, 0.3) is 0 Å². The molecule has 1 heterocycles. The van der Waals surface area contributed by atoms with Gasteiger partial charge in [0.2, 0.25) is 5.91 Å². The molecule has 0 spiro atoms. The number of hydrogen-bond acceptors (Lipinski definition) is 4. The largest absolute Gasteiger partial charge is 0.504 e. The minimum absolute atomic E-state index is 0.0216. The molecule has 0 fully saturated rings. The molecular weight excluding hydrogens is 282 g/mol. The number of phenols is 1. The van der Waals surface area contributed by atoms with Gasteiger partial charge in [-0.25, -0.2) is 0 Å². The normalized spacial score (nSPS) is 11.3. The predicted molar refractivity (Wildman–Crippen MR) is 84.2 cm³/mol. The summed E-state index contributed by atoms with van der Waals surface area (Å²) in [5.41, 5.74) is 1.22. The second kappa shape index (κ2) is 6.09. The fourth-order valence-corrected chi connectivity index (χ4v) is 1.99. The number of nitrogens with zero attached hydrogens (tertiary/aromatic N) is 2. The highest BCUT2D eigenvalue weighted by atomic mass is 16.5. The Morgan fingerprint density at radius 3 is 2.68 bits per heavy atom. The Balaban J connectivity index is 2.01. The standard InChI is InChI=1S/C16H21N3O3/c1-16(2,3)19-10-12(9-17-19)18-15(21)8-11-5-6-14(22-4)13(20)7-11/h5-7,9-10,20H,8H2,1-4H3,(H,18,21). The van der Waals surface area contributed by atoms with E-state index in [0.29, 0.717) is 17.0 Å². The third-order valence-corrected chi connectivity index (χ3v) is 3.16. The minimum Gasteiger partial charge on any atom is -0.504 e. The quantitative estimate of drug-likeness (QED) is 0.910. The molecule has 0 aliphatic heterocycles. The topological polar surface area (TPSA) is 76.4 Å². The van der Waals surface area contributed by atoms with E-state index in [-0.39, 0.29) is 23.6 Å². The first-order chi connectivity index (χ1) is 10.3. The summed E-state index contributed by atoms with van der Waals surface area (Å²) in [5.74, 6) is 0.238. The average Bonchev–Trinajstić information content (AvgIpc) is 2.87. The first-order valence-corrected chi connectivity index (χ1v) is 7.00. The van der Waals surface area contributed by atoms with Crippen molar-refractivity contribution in [3.8, 4) is 11.5 Å². The number of carbonyl (C=O) groups excluding carboxylic acids is 1. The van der Waals surface area contributed by atoms with Crippen molar-refractivity contribution in [2.24, 2.45) is 0 Å². The van der Waals surface area contributed by atoms with E-state index in [2.05, 4.69) is 10.4 Å². The minimum atomic E-state index is -0.168. The number of benzene rings is 1. The summed E-state index contributed by atoms with van der Waals surface area (Å²) in [6, 6.07) is 4.91. The van der Waals surface area contributed by atoms with E-state index in [1.54, 1.807) is 29.2 Å². The number of carbonyl (C=O) groups is 1. The van der Waals surface area contributed by atoms with E-state index in [4.69, 9.17) is 4.74 Å². The van der Waals surface area contributed by atoms with Crippen LogP contribution in [0, 0.1) is 0 Å². The van der Waals surface area contributed by atoms with Gasteiger partial charge in [-0.05, 0) is 38.5 Å². The molecule has 0 atom stereocenters. The first kappa shape index (κ1) is 15.9. The molecule has 2 N–H and O–H groups in total. The molecule has 0 radical (unpaired) electrons. The van der Waals surface area contributed by atoms with Crippen LogP contribution in [0.25, 0.3) is 0 Å². The number of aromatic hydroxyl groups is 1. The van der Waals surface area contributed by atoms with Crippen molar-refractivity contribution in [2.75, 3.05) is 12.4 Å². The van der Waals surface area contributed by atoms with Crippen LogP contribution < -0.4 is 10.1 Å². The molecule has 0 aliphatic rings. The van der Waals surface area contributed by atoms with Crippen LogP contribution in [0.4, 0.5) is 5.69 Å². The number of nitrogens with one attached hydrogen (secondary N) is 1. The molecular formula is C16H21N3O3. The number of ether oxygens (including phenoxy) is 1. The second-order valence-electron chi connectivity index (χ2n) is 6.08. The van der Waals surface area contributed by atoms with Crippen molar-refractivity contribution < 1.29 is 14.6 Å². The van der Waals surface area contributed by atoms with Gasteiger partial charge in [0, 0.05) is 6.20 Å². The molecule has 6 heteroatoms. The molecule has 1 amide bonds. The molecule has 0 saturated heterocycles. The van der Waals surface area contributed by atoms with Crippen molar-refractivity contribution in [3.05, 3.63) is 36.2 Å². The maximum atomic E-state index is 12.0. The number of anilines is 1. The van der Waals surface area contributed by atoms with Gasteiger partial charge in [-0.1, -0.05) is 6.07 Å². The highest BCUT2D eigenvalue weighted by molar-refractivity contribution is 5.92. The summed E-state index contributed by atoms with van der Waals surface area (Å²) < 4.78 is 6.77. The fraction of sp³-hybridized carbons (Fsp3) is 0.375. The maximum absolute atomic E-state index is 12.0. The maximum Gasteiger partial charge on any atom is 0.228 e. The van der Waals surface area contributed by atoms with Gasteiger partial charge in [-0.15, -0.1) is 0 Å². The number of phenolic OH excluding ortho intramolecular Hbond substituents is 1. The number of amides is 1. The molecule has 1 aromatic carbocycles. The number of aromatic nitrogens is 2. The lowest BCUT2D eigenvalue weighted by Crippen LogP contribution is -2.22. The molecule has 1 aromatic heterocycles. The summed E-state index contributed by atoms with van der Waals surface area (Å²) in [6.45, 7) is 6.10. The van der Waals surface area contributed by atoms with Crippen molar-refractivity contribution in [2.45, 2.75) is 32.7 Å². The Bertz CT molecular complexity index is 672. The highest BCUT2D eigenvalue weighted by Gasteiger charge is 2.15. The Labute approximate surface area is 129 Å². The van der Waals surface area contributed by atoms with Crippen LogP contribution in [0.1, 0.15) is 26.3 Å². The van der Waals surface area contributed by atoms with Gasteiger partial charge >= 0.3 is 0 Å². The number of hydrogen-bond donors (Lipinski definition) is 2. The van der Waals surface area contributed by atoms with E-state index in [9.17, 15) is 9.90 Å². The molecule has 2 rings (SSSR count). The highest BCUT2D eigenvalue weighted by Crippen LogP contribution is 2.26. The molecule has 0 bridgehead atoms. The third kappa shape index (κ3) is 3.78. The van der Waals surface area contributed by atoms with Crippen LogP contribution in [-0.4, -0.2) is 27.9 Å². The van der Waals surface area contributed by atoms with Crippen LogP contribution in [0.2, 0.25) is 0 Å². The van der Waals surface area contributed by atoms with Crippen molar-refractivity contribution >= 4 is 11.6 Å². The Hall–Kier alpha value is -2.50. The summed E-state index contributed by atoms with van der Waals surface area (Å²) in [5, 5.41) is 16.7. The molecule has 6 nitrogen and oxygen atoms in total. The fourth-order valence-electron chi connectivity index (χ4n) is 1.99. The number of methoxy groups -OCH3 is 1. The van der Waals surface area contributed by atoms with E-state index < -0.39 is 0 Å². The molecule has 0 saturated carbocycles. The van der Waals surface area contributed by atoms with E-state index in [0.717, 1.165) is 0 Å². The van der Waals surface area contributed by atoms with Crippen LogP contribution in [0.5, 0.6) is 11.5 Å². The lowest BCUT2D eigenvalue weighted by Gasteiger charge is -2.18. The monoisotopic (exact) mass is 303 g/mol. The molecule has 118 valence electrons. The molecule has 22 heavy (non-hydrogen) atoms. The van der Waals surface area contributed by atoms with Crippen LogP contribution in [-0.2, 0) is 16.8 Å². The summed E-state index contributed by atoms with van der Waals surface area (Å²) >= 11 is 0. The summed E-state index contributed by atoms with van der Waals surface area (Å²) in [4.78, 5) is 12.0. The van der Waals surface area contributed by atoms with Crippen molar-refractivity contribution in [1.29, 1.82) is 0 Å². The van der Waals surface area contributed by atoms with Crippen LogP contribution >= 0.6 is 0 Å². The lowest BCUT2D eigenvalue weighted by molar-refractivity contribution is -0.115. The second-order valence-corrected chi connectivity index (χ2v) is 6.08. The van der Waals surface area contributed by atoms with Crippen LogP contribution in [0.3, 0.4) is 0 Å². The zero-order valence-corrected chi connectivity index (χ0v) is 13.3. The first-order valence-electron chi connectivity index (χ1n) is 7.00. The van der Waals surface area contributed by atoms with Gasteiger partial charge in [0.15, 0.2) is 11.5 Å². The third-order valence-electron chi connectivity index (χ3n) is 3.16. The summed E-state index contributed by atoms with van der Waals surface area (Å²) in [7, 11) is 1.48. The van der Waals surface area contributed by atoms with Crippen LogP contribution in [0.15, 0.2) is 30.6 Å².